The van der Waals surface area contributed by atoms with Crippen LogP contribution in [0.5, 0.6) is 11.5 Å². The number of ether oxygens (including phenoxy) is 2. The molecule has 1 aromatic carbocycles. The van der Waals surface area contributed by atoms with Gasteiger partial charge in [-0.1, -0.05) is 25.2 Å². The molecule has 0 aliphatic carbocycles. The van der Waals surface area contributed by atoms with Crippen molar-refractivity contribution in [3.63, 3.8) is 0 Å². The number of rotatable bonds is 9. The second kappa shape index (κ2) is 9.50. The van der Waals surface area contributed by atoms with Crippen molar-refractivity contribution in [2.75, 3.05) is 25.2 Å². The molecule has 1 aliphatic heterocycles. The number of aromatic nitrogens is 2. The topological polar surface area (TPSA) is 93.7 Å². The zero-order valence-corrected chi connectivity index (χ0v) is 16.9. The zero-order chi connectivity index (χ0) is 19.9. The summed E-state index contributed by atoms with van der Waals surface area (Å²) in [6, 6.07) is 5.55. The van der Waals surface area contributed by atoms with Gasteiger partial charge >= 0.3 is 0 Å². The summed E-state index contributed by atoms with van der Waals surface area (Å²) in [4.78, 5) is 26.1. The Morgan fingerprint density at radius 3 is 2.71 bits per heavy atom. The van der Waals surface area contributed by atoms with E-state index in [1.54, 1.807) is 4.90 Å². The SMILES string of the molecule is CCCC(=O)N(CCC)CCC(=O)Nc1nnc(-c2ccc3c(c2)OCO3)s1. The predicted molar refractivity (Wildman–Crippen MR) is 106 cm³/mol. The molecular formula is C19H24N4O4S. The molecule has 0 radical (unpaired) electrons. The number of amides is 2. The average molecular weight is 404 g/mol. The quantitative estimate of drug-likeness (QED) is 0.689. The van der Waals surface area contributed by atoms with Gasteiger partial charge in [-0.2, -0.15) is 0 Å². The first-order valence-corrected chi connectivity index (χ1v) is 10.2. The first kappa shape index (κ1) is 20.1. The van der Waals surface area contributed by atoms with Crippen LogP contribution in [0.15, 0.2) is 18.2 Å². The second-order valence-electron chi connectivity index (χ2n) is 6.41. The molecule has 150 valence electrons. The molecule has 8 nitrogen and oxygen atoms in total. The van der Waals surface area contributed by atoms with Gasteiger partial charge in [0.2, 0.25) is 23.7 Å². The summed E-state index contributed by atoms with van der Waals surface area (Å²) in [5.41, 5.74) is 0.849. The van der Waals surface area contributed by atoms with E-state index in [2.05, 4.69) is 15.5 Å². The van der Waals surface area contributed by atoms with E-state index in [4.69, 9.17) is 9.47 Å². The van der Waals surface area contributed by atoms with E-state index >= 15 is 0 Å². The van der Waals surface area contributed by atoms with Gasteiger partial charge in [-0.3, -0.25) is 9.59 Å². The van der Waals surface area contributed by atoms with Crippen molar-refractivity contribution >= 4 is 28.3 Å². The van der Waals surface area contributed by atoms with Crippen molar-refractivity contribution in [1.82, 2.24) is 15.1 Å². The van der Waals surface area contributed by atoms with E-state index in [1.165, 1.54) is 11.3 Å². The maximum absolute atomic E-state index is 12.3. The molecule has 2 aromatic rings. The van der Waals surface area contributed by atoms with E-state index in [-0.39, 0.29) is 25.0 Å². The maximum Gasteiger partial charge on any atom is 0.231 e. The zero-order valence-electron chi connectivity index (χ0n) is 16.1. The molecule has 1 aliphatic rings. The molecule has 0 fully saturated rings. The van der Waals surface area contributed by atoms with Crippen LogP contribution in [0.3, 0.4) is 0 Å². The minimum atomic E-state index is -0.182. The lowest BCUT2D eigenvalue weighted by Gasteiger charge is -2.21. The molecular weight excluding hydrogens is 380 g/mol. The molecule has 9 heteroatoms. The highest BCUT2D eigenvalue weighted by Crippen LogP contribution is 2.37. The van der Waals surface area contributed by atoms with Crippen LogP contribution < -0.4 is 14.8 Å². The highest BCUT2D eigenvalue weighted by Gasteiger charge is 2.17. The van der Waals surface area contributed by atoms with Gasteiger partial charge in [-0.15, -0.1) is 10.2 Å². The van der Waals surface area contributed by atoms with E-state index < -0.39 is 0 Å². The third-order valence-corrected chi connectivity index (χ3v) is 5.10. The lowest BCUT2D eigenvalue weighted by atomic mass is 10.2. The molecule has 0 spiro atoms. The normalized spacial score (nSPS) is 12.1. The number of benzene rings is 1. The number of fused-ring (bicyclic) bond motifs is 1. The van der Waals surface area contributed by atoms with Crippen LogP contribution in [0, 0.1) is 0 Å². The summed E-state index contributed by atoms with van der Waals surface area (Å²) >= 11 is 1.29. The Hall–Kier alpha value is -2.68. The fraction of sp³-hybridized carbons (Fsp3) is 0.474. The lowest BCUT2D eigenvalue weighted by molar-refractivity contribution is -0.131. The van der Waals surface area contributed by atoms with Crippen molar-refractivity contribution in [3.05, 3.63) is 18.2 Å². The number of carbonyl (C=O) groups excluding carboxylic acids is 2. The first-order valence-electron chi connectivity index (χ1n) is 9.41. The van der Waals surface area contributed by atoms with E-state index in [0.29, 0.717) is 41.1 Å². The fourth-order valence-corrected chi connectivity index (χ4v) is 3.60. The highest BCUT2D eigenvalue weighted by molar-refractivity contribution is 7.18. The average Bonchev–Trinajstić information content (AvgIpc) is 3.33. The largest absolute Gasteiger partial charge is 0.454 e. The smallest absolute Gasteiger partial charge is 0.231 e. The van der Waals surface area contributed by atoms with Crippen molar-refractivity contribution in [2.24, 2.45) is 0 Å². The van der Waals surface area contributed by atoms with E-state index in [1.807, 2.05) is 32.0 Å². The molecule has 2 amide bonds. The van der Waals surface area contributed by atoms with Crippen LogP contribution >= 0.6 is 11.3 Å². The van der Waals surface area contributed by atoms with E-state index in [9.17, 15) is 9.59 Å². The van der Waals surface area contributed by atoms with Gasteiger partial charge in [0.15, 0.2) is 11.5 Å². The van der Waals surface area contributed by atoms with Gasteiger partial charge in [-0.05, 0) is 31.0 Å². The number of nitrogens with zero attached hydrogens (tertiary/aromatic N) is 3. The third kappa shape index (κ3) is 4.98. The Morgan fingerprint density at radius 1 is 1.11 bits per heavy atom. The van der Waals surface area contributed by atoms with Gasteiger partial charge in [0, 0.05) is 31.5 Å². The Labute approximate surface area is 167 Å². The first-order chi connectivity index (χ1) is 13.6. The summed E-state index contributed by atoms with van der Waals surface area (Å²) in [6.07, 6.45) is 2.41. The molecule has 0 saturated heterocycles. The highest BCUT2D eigenvalue weighted by atomic mass is 32.1. The molecule has 1 N–H and O–H groups in total. The molecule has 1 aromatic heterocycles. The molecule has 0 unspecified atom stereocenters. The summed E-state index contributed by atoms with van der Waals surface area (Å²) in [7, 11) is 0. The second-order valence-corrected chi connectivity index (χ2v) is 7.39. The van der Waals surface area contributed by atoms with Crippen molar-refractivity contribution in [3.8, 4) is 22.1 Å². The standard InChI is InChI=1S/C19H24N4O4S/c1-3-5-17(25)23(9-4-2)10-8-16(24)20-19-22-21-18(28-19)13-6-7-14-15(11-13)27-12-26-14/h6-7,11H,3-5,8-10,12H2,1-2H3,(H,20,22,24). The Morgan fingerprint density at radius 2 is 1.93 bits per heavy atom. The minimum Gasteiger partial charge on any atom is -0.454 e. The summed E-state index contributed by atoms with van der Waals surface area (Å²) in [5.74, 6) is 1.29. The van der Waals surface area contributed by atoms with Gasteiger partial charge < -0.3 is 19.7 Å². The monoisotopic (exact) mass is 404 g/mol. The van der Waals surface area contributed by atoms with Crippen LogP contribution in [0.2, 0.25) is 0 Å². The van der Waals surface area contributed by atoms with Crippen LogP contribution in [-0.2, 0) is 9.59 Å². The molecule has 28 heavy (non-hydrogen) atoms. The molecule has 0 bridgehead atoms. The van der Waals surface area contributed by atoms with Crippen LogP contribution in [0.1, 0.15) is 39.5 Å². The number of nitrogens with one attached hydrogen (secondary N) is 1. The summed E-state index contributed by atoms with van der Waals surface area (Å²) < 4.78 is 10.7. The van der Waals surface area contributed by atoms with Gasteiger partial charge in [0.1, 0.15) is 5.01 Å². The van der Waals surface area contributed by atoms with Gasteiger partial charge in [-0.25, -0.2) is 0 Å². The third-order valence-electron chi connectivity index (χ3n) is 4.21. The Bertz CT molecular complexity index is 839. The molecule has 0 saturated carbocycles. The number of hydrogen-bond donors (Lipinski definition) is 1. The van der Waals surface area contributed by atoms with Crippen molar-refractivity contribution in [1.29, 1.82) is 0 Å². The lowest BCUT2D eigenvalue weighted by Crippen LogP contribution is -2.34. The fourth-order valence-electron chi connectivity index (χ4n) is 2.84. The van der Waals surface area contributed by atoms with Gasteiger partial charge in [0.05, 0.1) is 0 Å². The molecule has 0 atom stereocenters. The van der Waals surface area contributed by atoms with Crippen molar-refractivity contribution < 1.29 is 19.1 Å². The van der Waals surface area contributed by atoms with E-state index in [0.717, 1.165) is 18.4 Å². The minimum absolute atomic E-state index is 0.0955. The predicted octanol–water partition coefficient (Wildman–Crippen LogP) is 3.30. The van der Waals surface area contributed by atoms with Crippen molar-refractivity contribution in [2.45, 2.75) is 39.5 Å². The van der Waals surface area contributed by atoms with Crippen LogP contribution in [0.25, 0.3) is 10.6 Å². The maximum atomic E-state index is 12.3. The van der Waals surface area contributed by atoms with Crippen LogP contribution in [0.4, 0.5) is 5.13 Å². The van der Waals surface area contributed by atoms with Gasteiger partial charge in [0.25, 0.3) is 0 Å². The molecule has 2 heterocycles. The number of hydrogen-bond acceptors (Lipinski definition) is 7. The number of anilines is 1. The Balaban J connectivity index is 1.55. The van der Waals surface area contributed by atoms with Crippen LogP contribution in [-0.4, -0.2) is 46.8 Å². The molecule has 3 rings (SSSR count). The summed E-state index contributed by atoms with van der Waals surface area (Å²) in [6.45, 7) is 5.28. The summed E-state index contributed by atoms with van der Waals surface area (Å²) in [5, 5.41) is 12.0. The Kier molecular flexibility index (Phi) is 6.80. The number of carbonyl (C=O) groups is 2.